The molecule has 0 saturated carbocycles. The Kier molecular flexibility index (Phi) is 7.60. The van der Waals surface area contributed by atoms with Crippen molar-refractivity contribution in [2.75, 3.05) is 20.0 Å². The van der Waals surface area contributed by atoms with Gasteiger partial charge in [0.1, 0.15) is 17.3 Å². The molecular weight excluding hydrogens is 452 g/mol. The Morgan fingerprint density at radius 2 is 1.30 bits per heavy atom. The maximum atomic E-state index is 15.4. The van der Waals surface area contributed by atoms with Gasteiger partial charge in [0.2, 0.25) is 10.0 Å². The highest BCUT2D eigenvalue weighted by Crippen LogP contribution is 2.27. The molecule has 2 aromatic carbocycles. The van der Waals surface area contributed by atoms with Crippen LogP contribution in [-0.2, 0) is 28.8 Å². The van der Waals surface area contributed by atoms with Gasteiger partial charge in [0.05, 0.1) is 26.6 Å². The van der Waals surface area contributed by atoms with Crippen LogP contribution in [0.15, 0.2) is 60.9 Å². The molecule has 176 valence electrons. The topological polar surface area (TPSA) is 81.6 Å². The minimum atomic E-state index is -4.14. The second-order valence-corrected chi connectivity index (χ2v) is 9.61. The van der Waals surface area contributed by atoms with E-state index in [-0.39, 0.29) is 13.1 Å². The second-order valence-electron chi connectivity index (χ2n) is 7.64. The van der Waals surface area contributed by atoms with Crippen molar-refractivity contribution in [2.24, 2.45) is 0 Å². The summed E-state index contributed by atoms with van der Waals surface area (Å²) in [7, 11) is -1.07. The van der Waals surface area contributed by atoms with E-state index in [9.17, 15) is 12.8 Å². The van der Waals surface area contributed by atoms with Crippen LogP contribution in [0.25, 0.3) is 0 Å². The number of alkyl halides is 1. The van der Waals surface area contributed by atoms with E-state index >= 15 is 4.39 Å². The van der Waals surface area contributed by atoms with Crippen LogP contribution < -0.4 is 9.47 Å². The number of nitrogens with zero attached hydrogens (tertiary/aromatic N) is 3. The first kappa shape index (κ1) is 24.5. The van der Waals surface area contributed by atoms with Gasteiger partial charge in [-0.3, -0.25) is 0 Å². The van der Waals surface area contributed by atoms with Crippen molar-refractivity contribution >= 4 is 10.0 Å². The summed E-state index contributed by atoms with van der Waals surface area (Å²) in [5.74, 6) is -0.779. The van der Waals surface area contributed by atoms with Crippen LogP contribution in [0.3, 0.4) is 0 Å². The van der Waals surface area contributed by atoms with E-state index in [4.69, 9.17) is 9.47 Å². The Labute approximate surface area is 192 Å². The summed E-state index contributed by atoms with van der Waals surface area (Å²) in [4.78, 5) is 7.26. The van der Waals surface area contributed by atoms with E-state index in [1.165, 1.54) is 18.5 Å². The van der Waals surface area contributed by atoms with Gasteiger partial charge in [-0.15, -0.1) is 0 Å². The van der Waals surface area contributed by atoms with Crippen LogP contribution in [0.1, 0.15) is 23.9 Å². The maximum absolute atomic E-state index is 15.4. The number of sulfonamides is 1. The van der Waals surface area contributed by atoms with Crippen LogP contribution in [0.4, 0.5) is 8.78 Å². The number of rotatable bonds is 10. The number of benzene rings is 2. The fourth-order valence-electron chi connectivity index (χ4n) is 3.20. The van der Waals surface area contributed by atoms with E-state index in [2.05, 4.69) is 9.97 Å². The molecule has 0 saturated heterocycles. The Hall–Kier alpha value is -3.11. The maximum Gasteiger partial charge on any atom is 0.218 e. The molecule has 1 unspecified atom stereocenters. The van der Waals surface area contributed by atoms with Gasteiger partial charge in [0.15, 0.2) is 17.3 Å². The van der Waals surface area contributed by atoms with Gasteiger partial charge >= 0.3 is 0 Å². The normalized spacial score (nSPS) is 13.5. The first-order valence-electron chi connectivity index (χ1n) is 10.0. The van der Waals surface area contributed by atoms with Crippen LogP contribution >= 0.6 is 0 Å². The molecule has 0 bridgehead atoms. The second kappa shape index (κ2) is 10.2. The summed E-state index contributed by atoms with van der Waals surface area (Å²) in [5, 5.41) is 0. The molecule has 0 amide bonds. The lowest BCUT2D eigenvalue weighted by Crippen LogP contribution is -2.39. The molecule has 33 heavy (non-hydrogen) atoms. The van der Waals surface area contributed by atoms with Gasteiger partial charge < -0.3 is 9.47 Å². The summed E-state index contributed by atoms with van der Waals surface area (Å²) in [5.41, 5.74) is -1.03. The third kappa shape index (κ3) is 6.45. The molecule has 3 aromatic rings. The van der Waals surface area contributed by atoms with Gasteiger partial charge in [0.25, 0.3) is 0 Å². The number of hydrogen-bond donors (Lipinski definition) is 0. The number of halogens is 2. The van der Waals surface area contributed by atoms with Crippen molar-refractivity contribution in [3.8, 4) is 11.5 Å². The zero-order valence-electron chi connectivity index (χ0n) is 18.5. The predicted molar refractivity (Wildman–Crippen MR) is 119 cm³/mol. The summed E-state index contributed by atoms with van der Waals surface area (Å²) in [6.45, 7) is 1.09. The molecule has 0 fully saturated rings. The van der Waals surface area contributed by atoms with Crippen molar-refractivity contribution in [1.82, 2.24) is 14.3 Å². The number of methoxy groups -OCH3 is 2. The van der Waals surface area contributed by atoms with Crippen molar-refractivity contribution in [1.29, 1.82) is 0 Å². The van der Waals surface area contributed by atoms with Gasteiger partial charge in [0, 0.05) is 13.1 Å². The van der Waals surface area contributed by atoms with Crippen molar-refractivity contribution in [3.05, 3.63) is 83.7 Å². The SMILES string of the molecule is COc1ccc(CN(Cc2ccc(OC)cc2)S(=O)(=O)CC(C)(F)c2ncc(F)cn2)cc1. The molecule has 0 aliphatic carbocycles. The van der Waals surface area contributed by atoms with E-state index < -0.39 is 33.1 Å². The summed E-state index contributed by atoms with van der Waals surface area (Å²) < 4.78 is 66.7. The smallest absolute Gasteiger partial charge is 0.218 e. The zero-order chi connectivity index (χ0) is 24.1. The van der Waals surface area contributed by atoms with Crippen LogP contribution in [0.5, 0.6) is 11.5 Å². The zero-order valence-corrected chi connectivity index (χ0v) is 19.4. The lowest BCUT2D eigenvalue weighted by molar-refractivity contribution is 0.205. The Morgan fingerprint density at radius 1 is 0.879 bits per heavy atom. The molecule has 1 aromatic heterocycles. The monoisotopic (exact) mass is 477 g/mol. The van der Waals surface area contributed by atoms with Crippen LogP contribution in [-0.4, -0.2) is 42.7 Å². The Bertz CT molecular complexity index is 1100. The fourth-order valence-corrected chi connectivity index (χ4v) is 4.89. The molecule has 0 spiro atoms. The Balaban J connectivity index is 1.89. The Morgan fingerprint density at radius 3 is 1.70 bits per heavy atom. The number of ether oxygens (including phenoxy) is 2. The quantitative estimate of drug-likeness (QED) is 0.441. The van der Waals surface area contributed by atoms with Gasteiger partial charge in [-0.05, 0) is 42.3 Å². The van der Waals surface area contributed by atoms with Crippen molar-refractivity contribution < 1.29 is 26.7 Å². The van der Waals surface area contributed by atoms with Gasteiger partial charge in [-0.25, -0.2) is 27.2 Å². The summed E-state index contributed by atoms with van der Waals surface area (Å²) in [6, 6.07) is 13.9. The third-order valence-corrected chi connectivity index (χ3v) is 6.92. The van der Waals surface area contributed by atoms with E-state index in [1.807, 2.05) is 0 Å². The highest BCUT2D eigenvalue weighted by atomic mass is 32.2. The van der Waals surface area contributed by atoms with Gasteiger partial charge in [-0.2, -0.15) is 4.31 Å². The van der Waals surface area contributed by atoms with E-state index in [0.29, 0.717) is 22.6 Å². The third-order valence-electron chi connectivity index (χ3n) is 4.97. The highest BCUT2D eigenvalue weighted by molar-refractivity contribution is 7.89. The van der Waals surface area contributed by atoms with Crippen LogP contribution in [0.2, 0.25) is 0 Å². The fraction of sp³-hybridized carbons (Fsp3) is 0.304. The molecule has 7 nitrogen and oxygen atoms in total. The van der Waals surface area contributed by atoms with Crippen LogP contribution in [0, 0.1) is 5.82 Å². The molecule has 10 heteroatoms. The average Bonchev–Trinajstić information content (AvgIpc) is 2.79. The minimum absolute atomic E-state index is 0.0126. The summed E-state index contributed by atoms with van der Waals surface area (Å²) >= 11 is 0. The molecule has 0 aliphatic rings. The lowest BCUT2D eigenvalue weighted by atomic mass is 10.1. The molecule has 1 heterocycles. The average molecular weight is 478 g/mol. The largest absolute Gasteiger partial charge is 0.497 e. The van der Waals surface area contributed by atoms with Gasteiger partial charge in [-0.1, -0.05) is 24.3 Å². The lowest BCUT2D eigenvalue weighted by Gasteiger charge is -2.26. The highest BCUT2D eigenvalue weighted by Gasteiger charge is 2.38. The molecular formula is C23H25F2N3O4S. The van der Waals surface area contributed by atoms with E-state index in [0.717, 1.165) is 19.3 Å². The standard InChI is InChI=1S/C23H25F2N3O4S/c1-23(25,22-26-12-19(24)13-27-22)16-33(29,30)28(14-17-4-8-20(31-2)9-5-17)15-18-6-10-21(32-3)11-7-18/h4-13H,14-16H2,1-3H3. The molecule has 0 radical (unpaired) electrons. The summed E-state index contributed by atoms with van der Waals surface area (Å²) in [6.07, 6.45) is 1.61. The molecule has 0 aliphatic heterocycles. The van der Waals surface area contributed by atoms with Crippen molar-refractivity contribution in [2.45, 2.75) is 25.7 Å². The predicted octanol–water partition coefficient (Wildman–Crippen LogP) is 3.85. The first-order chi connectivity index (χ1) is 15.6. The van der Waals surface area contributed by atoms with E-state index in [1.54, 1.807) is 48.5 Å². The minimum Gasteiger partial charge on any atom is -0.497 e. The first-order valence-corrected chi connectivity index (χ1v) is 11.6. The molecule has 3 rings (SSSR count). The number of aromatic nitrogens is 2. The number of hydrogen-bond acceptors (Lipinski definition) is 6. The molecule has 1 atom stereocenters. The molecule has 0 N–H and O–H groups in total. The van der Waals surface area contributed by atoms with Crippen molar-refractivity contribution in [3.63, 3.8) is 0 Å².